The van der Waals surface area contributed by atoms with E-state index in [1.165, 1.54) is 0 Å². The fourth-order valence-electron chi connectivity index (χ4n) is 4.72. The van der Waals surface area contributed by atoms with Gasteiger partial charge in [0.05, 0.1) is 19.3 Å². The van der Waals surface area contributed by atoms with Crippen LogP contribution in [0.2, 0.25) is 0 Å². The number of ether oxygens (including phenoxy) is 2. The lowest BCUT2D eigenvalue weighted by Gasteiger charge is -2.38. The molecule has 0 saturated carbocycles. The van der Waals surface area contributed by atoms with Crippen LogP contribution in [-0.2, 0) is 11.3 Å². The molecule has 0 N–H and O–H groups in total. The van der Waals surface area contributed by atoms with Crippen molar-refractivity contribution >= 4 is 6.03 Å². The SMILES string of the molecule is CC(C)Oc1ccc(CN(C(=O)n2oc(=O)c(=O)o2)C2CCN(CCCN3CCOCC3)CC2)cc1. The smallest absolute Gasteiger partial charge is 0.446 e. The van der Waals surface area contributed by atoms with Crippen molar-refractivity contribution in [3.05, 3.63) is 50.7 Å². The molecule has 2 aliphatic rings. The van der Waals surface area contributed by atoms with Crippen molar-refractivity contribution in [3.63, 3.8) is 0 Å². The third-order valence-corrected chi connectivity index (χ3v) is 6.60. The van der Waals surface area contributed by atoms with Gasteiger partial charge in [-0.05, 0) is 63.9 Å². The van der Waals surface area contributed by atoms with Crippen molar-refractivity contribution in [1.82, 2.24) is 19.6 Å². The number of aromatic nitrogens is 1. The van der Waals surface area contributed by atoms with Gasteiger partial charge in [-0.15, -0.1) is 0 Å². The zero-order valence-electron chi connectivity index (χ0n) is 21.1. The molecule has 11 nitrogen and oxygen atoms in total. The minimum Gasteiger partial charge on any atom is -0.491 e. The van der Waals surface area contributed by atoms with Crippen LogP contribution < -0.4 is 16.0 Å². The quantitative estimate of drug-likeness (QED) is 0.472. The van der Waals surface area contributed by atoms with E-state index < -0.39 is 17.3 Å². The first-order chi connectivity index (χ1) is 17.4. The van der Waals surface area contributed by atoms with E-state index in [2.05, 4.69) is 9.80 Å². The van der Waals surface area contributed by atoms with Crippen molar-refractivity contribution in [3.8, 4) is 5.75 Å². The summed E-state index contributed by atoms with van der Waals surface area (Å²) in [6, 6.07) is 6.79. The monoisotopic (exact) mass is 504 g/mol. The first-order valence-corrected chi connectivity index (χ1v) is 12.7. The largest absolute Gasteiger partial charge is 0.491 e. The normalized spacial score (nSPS) is 18.0. The van der Waals surface area contributed by atoms with Crippen LogP contribution in [0.4, 0.5) is 4.79 Å². The number of piperidine rings is 1. The summed E-state index contributed by atoms with van der Waals surface area (Å²) >= 11 is 0. The van der Waals surface area contributed by atoms with Crippen molar-refractivity contribution in [2.75, 3.05) is 52.5 Å². The molecule has 1 aromatic carbocycles. The minimum absolute atomic E-state index is 0.0625. The van der Waals surface area contributed by atoms with Crippen LogP contribution in [-0.4, -0.2) is 90.3 Å². The highest BCUT2D eigenvalue weighted by molar-refractivity contribution is 5.74. The third-order valence-electron chi connectivity index (χ3n) is 6.60. The average molecular weight is 505 g/mol. The van der Waals surface area contributed by atoms with Gasteiger partial charge in [0.15, 0.2) is 0 Å². The summed E-state index contributed by atoms with van der Waals surface area (Å²) in [6.07, 6.45) is 2.70. The number of hydrogen-bond acceptors (Lipinski definition) is 9. The summed E-state index contributed by atoms with van der Waals surface area (Å²) < 4.78 is 20.6. The predicted molar refractivity (Wildman–Crippen MR) is 131 cm³/mol. The van der Waals surface area contributed by atoms with Gasteiger partial charge >= 0.3 is 17.3 Å². The molecule has 198 valence electrons. The summed E-state index contributed by atoms with van der Waals surface area (Å²) in [7, 11) is 0. The molecule has 3 heterocycles. The highest BCUT2D eigenvalue weighted by atomic mass is 16.7. The van der Waals surface area contributed by atoms with Crippen molar-refractivity contribution in [1.29, 1.82) is 0 Å². The van der Waals surface area contributed by atoms with Crippen molar-refractivity contribution < 1.29 is 23.3 Å². The first kappa shape index (κ1) is 26.2. The van der Waals surface area contributed by atoms with E-state index >= 15 is 0 Å². The van der Waals surface area contributed by atoms with Gasteiger partial charge in [-0.1, -0.05) is 12.1 Å². The maximum Gasteiger partial charge on any atom is 0.446 e. The van der Waals surface area contributed by atoms with E-state index in [4.69, 9.17) is 18.5 Å². The summed E-state index contributed by atoms with van der Waals surface area (Å²) in [5.74, 6) is 0.749. The standard InChI is InChI=1S/C25H36N4O7/c1-19(2)34-22-6-4-20(5-7-22)18-28(25(32)29-35-23(30)24(31)36-29)21-8-12-26(13-9-21)10-3-11-27-14-16-33-17-15-27/h4-7,19,21H,3,8-18H2,1-2H3. The van der Waals surface area contributed by atoms with Crippen LogP contribution in [0.5, 0.6) is 5.75 Å². The molecule has 1 aromatic heterocycles. The maximum absolute atomic E-state index is 13.2. The van der Waals surface area contributed by atoms with Gasteiger partial charge in [0.25, 0.3) is 0 Å². The van der Waals surface area contributed by atoms with Crippen molar-refractivity contribution in [2.24, 2.45) is 0 Å². The molecule has 1 amide bonds. The number of carbonyl (C=O) groups is 1. The second kappa shape index (κ2) is 12.4. The second-order valence-electron chi connectivity index (χ2n) is 9.62. The maximum atomic E-state index is 13.2. The van der Waals surface area contributed by atoms with Crippen LogP contribution in [0.3, 0.4) is 0 Å². The van der Waals surface area contributed by atoms with Crippen LogP contribution in [0.1, 0.15) is 38.7 Å². The topological polar surface area (TPSA) is 111 Å². The summed E-state index contributed by atoms with van der Waals surface area (Å²) in [6.45, 7) is 11.6. The number of likely N-dealkylation sites (tertiary alicyclic amines) is 1. The average Bonchev–Trinajstić information content (AvgIpc) is 3.22. The van der Waals surface area contributed by atoms with E-state index in [0.717, 1.165) is 83.1 Å². The molecule has 2 fully saturated rings. The van der Waals surface area contributed by atoms with Crippen LogP contribution in [0.15, 0.2) is 42.9 Å². The van der Waals surface area contributed by atoms with Crippen LogP contribution in [0.25, 0.3) is 0 Å². The number of morpholine rings is 1. The number of amides is 1. The Morgan fingerprint density at radius 2 is 1.56 bits per heavy atom. The fourth-order valence-corrected chi connectivity index (χ4v) is 4.72. The molecule has 0 spiro atoms. The molecular formula is C25H36N4O7. The lowest BCUT2D eigenvalue weighted by molar-refractivity contribution is 0.0345. The number of carbonyl (C=O) groups excluding carboxylic acids is 1. The molecule has 2 aliphatic heterocycles. The van der Waals surface area contributed by atoms with Crippen molar-refractivity contribution in [2.45, 2.75) is 51.8 Å². The predicted octanol–water partition coefficient (Wildman–Crippen LogP) is 1.84. The molecule has 0 bridgehead atoms. The van der Waals surface area contributed by atoms with E-state index in [-0.39, 0.29) is 18.7 Å². The molecule has 2 saturated heterocycles. The highest BCUT2D eigenvalue weighted by Crippen LogP contribution is 2.22. The number of benzene rings is 1. The summed E-state index contributed by atoms with van der Waals surface area (Å²) in [5, 5.41) is 0. The van der Waals surface area contributed by atoms with E-state index in [9.17, 15) is 14.4 Å². The molecule has 11 heteroatoms. The van der Waals surface area contributed by atoms with Gasteiger partial charge in [-0.3, -0.25) is 13.9 Å². The Labute approximate surface area is 210 Å². The van der Waals surface area contributed by atoms with E-state index in [1.54, 1.807) is 4.90 Å². The molecule has 0 unspecified atom stereocenters. The van der Waals surface area contributed by atoms with E-state index in [1.807, 2.05) is 38.1 Å². The first-order valence-electron chi connectivity index (χ1n) is 12.7. The molecule has 2 aromatic rings. The van der Waals surface area contributed by atoms with Gasteiger partial charge in [-0.25, -0.2) is 14.4 Å². The second-order valence-corrected chi connectivity index (χ2v) is 9.62. The minimum atomic E-state index is -1.20. The molecule has 4 rings (SSSR count). The Morgan fingerprint density at radius 3 is 2.14 bits per heavy atom. The molecule has 36 heavy (non-hydrogen) atoms. The van der Waals surface area contributed by atoms with Gasteiger partial charge in [0, 0.05) is 43.7 Å². The Bertz CT molecular complexity index is 1050. The number of nitrogens with zero attached hydrogens (tertiary/aromatic N) is 4. The lowest BCUT2D eigenvalue weighted by atomic mass is 10.0. The zero-order valence-corrected chi connectivity index (χ0v) is 21.1. The van der Waals surface area contributed by atoms with Crippen LogP contribution in [0, 0.1) is 0 Å². The lowest BCUT2D eigenvalue weighted by Crippen LogP contribution is -2.48. The number of rotatable bonds is 9. The van der Waals surface area contributed by atoms with Gasteiger partial charge in [-0.2, -0.15) is 0 Å². The Morgan fingerprint density at radius 1 is 0.972 bits per heavy atom. The Hall–Kier alpha value is -2.89. The van der Waals surface area contributed by atoms with Gasteiger partial charge in [0.1, 0.15) is 5.75 Å². The third kappa shape index (κ3) is 7.08. The van der Waals surface area contributed by atoms with Gasteiger partial charge < -0.3 is 19.3 Å². The fraction of sp³-hybridized carbons (Fsp3) is 0.640. The van der Waals surface area contributed by atoms with Gasteiger partial charge in [0.2, 0.25) is 0 Å². The Balaban J connectivity index is 1.38. The zero-order chi connectivity index (χ0) is 25.5. The Kier molecular flexibility index (Phi) is 9.00. The summed E-state index contributed by atoms with van der Waals surface area (Å²) in [4.78, 5) is 43.1. The molecular weight excluding hydrogens is 468 g/mol. The number of hydrogen-bond donors (Lipinski definition) is 0. The van der Waals surface area contributed by atoms with Crippen LogP contribution >= 0.6 is 0 Å². The molecule has 0 radical (unpaired) electrons. The van der Waals surface area contributed by atoms with E-state index in [0.29, 0.717) is 4.91 Å². The molecule has 0 aliphatic carbocycles. The highest BCUT2D eigenvalue weighted by Gasteiger charge is 2.31. The summed E-state index contributed by atoms with van der Waals surface area (Å²) in [5.41, 5.74) is -1.51. The molecule has 0 atom stereocenters.